The average molecular weight is 486 g/mol. The summed E-state index contributed by atoms with van der Waals surface area (Å²) >= 11 is 0. The van der Waals surface area contributed by atoms with Gasteiger partial charge in [-0.15, -0.1) is 0 Å². The molecule has 3 aromatic heterocycles. The fraction of sp³-hybridized carbons (Fsp3) is 0.440. The molecule has 0 aromatic carbocycles. The third kappa shape index (κ3) is 14.1. The predicted molar refractivity (Wildman–Crippen MR) is 131 cm³/mol. The number of hydrogen-bond donors (Lipinski definition) is 1. The van der Waals surface area contributed by atoms with Gasteiger partial charge in [-0.3, -0.25) is 29.5 Å². The highest BCUT2D eigenvalue weighted by molar-refractivity contribution is 6.36. The highest BCUT2D eigenvalue weighted by Crippen LogP contribution is 2.02. The third-order valence-electron chi connectivity index (χ3n) is 4.45. The van der Waals surface area contributed by atoms with Gasteiger partial charge in [0.15, 0.2) is 6.39 Å². The summed E-state index contributed by atoms with van der Waals surface area (Å²) in [6, 6.07) is 0. The maximum atomic E-state index is 10.4. The van der Waals surface area contributed by atoms with E-state index >= 15 is 0 Å². The van der Waals surface area contributed by atoms with Crippen molar-refractivity contribution in [3.8, 4) is 0 Å². The number of aliphatic carboxylic acids is 1. The van der Waals surface area contributed by atoms with Crippen LogP contribution in [0.1, 0.15) is 67.8 Å². The Morgan fingerprint density at radius 1 is 0.886 bits per heavy atom. The van der Waals surface area contributed by atoms with Crippen molar-refractivity contribution in [3.63, 3.8) is 0 Å². The minimum Gasteiger partial charge on any atom is -0.475 e. The number of oxazole rings is 1. The molecule has 0 unspecified atom stereocenters. The number of carbonyl (C=O) groups is 3. The molecule has 1 N–H and O–H groups in total. The lowest BCUT2D eigenvalue weighted by Gasteiger charge is -1.99. The number of aryl methyl sites for hydroxylation is 6. The number of carboxylic acid groups (broad SMARTS) is 1. The van der Waals surface area contributed by atoms with Gasteiger partial charge in [0.1, 0.15) is 12.0 Å². The van der Waals surface area contributed by atoms with E-state index in [0.717, 1.165) is 47.0 Å². The number of ketones is 2. The molecule has 0 aliphatic carbocycles. The number of rotatable bonds is 6. The van der Waals surface area contributed by atoms with E-state index in [1.54, 1.807) is 13.1 Å². The average Bonchev–Trinajstić information content (AvgIpc) is 3.42. The smallest absolute Gasteiger partial charge is 0.372 e. The quantitative estimate of drug-likeness (QED) is 0.401. The van der Waals surface area contributed by atoms with Gasteiger partial charge >= 0.3 is 5.97 Å². The van der Waals surface area contributed by atoms with Crippen molar-refractivity contribution in [2.45, 2.75) is 74.1 Å². The lowest BCUT2D eigenvalue weighted by molar-refractivity contribution is -0.150. The molecule has 10 heteroatoms. The summed E-state index contributed by atoms with van der Waals surface area (Å²) in [5.74, 6) is -2.92. The summed E-state index contributed by atoms with van der Waals surface area (Å²) in [7, 11) is 0. The highest BCUT2D eigenvalue weighted by Gasteiger charge is 2.14. The van der Waals surface area contributed by atoms with E-state index in [1.165, 1.54) is 12.7 Å². The van der Waals surface area contributed by atoms with Crippen LogP contribution in [-0.2, 0) is 27.2 Å². The summed E-state index contributed by atoms with van der Waals surface area (Å²) in [5.41, 5.74) is 6.29. The molecule has 0 amide bonds. The van der Waals surface area contributed by atoms with Gasteiger partial charge in [-0.2, -0.15) is 0 Å². The molecule has 0 bridgehead atoms. The summed E-state index contributed by atoms with van der Waals surface area (Å²) in [6.07, 6.45) is 9.78. The van der Waals surface area contributed by atoms with Gasteiger partial charge in [0.2, 0.25) is 5.78 Å². The third-order valence-corrected chi connectivity index (χ3v) is 4.45. The molecule has 0 aliphatic heterocycles. The Labute approximate surface area is 206 Å². The fourth-order valence-electron chi connectivity index (χ4n) is 2.29. The monoisotopic (exact) mass is 485 g/mol. The number of nitrogens with zero attached hydrogens (tertiary/aromatic N) is 5. The second-order valence-electron chi connectivity index (χ2n) is 7.26. The maximum Gasteiger partial charge on any atom is 0.372 e. The molecule has 0 atom stereocenters. The summed E-state index contributed by atoms with van der Waals surface area (Å²) in [5, 5.41) is 8.02. The lowest BCUT2D eigenvalue weighted by atomic mass is 10.2. The Kier molecular flexibility index (Phi) is 15.7. The van der Waals surface area contributed by atoms with Crippen LogP contribution in [0.25, 0.3) is 0 Å². The summed E-state index contributed by atoms with van der Waals surface area (Å²) < 4.78 is 4.47. The topological polar surface area (TPSA) is 149 Å². The van der Waals surface area contributed by atoms with Crippen LogP contribution in [0.3, 0.4) is 0 Å². The van der Waals surface area contributed by atoms with Crippen LogP contribution < -0.4 is 0 Å². The largest absolute Gasteiger partial charge is 0.475 e. The normalized spacial score (nSPS) is 9.34. The van der Waals surface area contributed by atoms with Gasteiger partial charge in [-0.05, 0) is 40.5 Å². The van der Waals surface area contributed by atoms with E-state index in [-0.39, 0.29) is 12.2 Å². The first-order chi connectivity index (χ1) is 16.5. The van der Waals surface area contributed by atoms with Gasteiger partial charge in [0, 0.05) is 18.8 Å². The summed E-state index contributed by atoms with van der Waals surface area (Å²) in [4.78, 5) is 51.2. The summed E-state index contributed by atoms with van der Waals surface area (Å²) in [6.45, 7) is 13.7. The van der Waals surface area contributed by atoms with Crippen molar-refractivity contribution < 1.29 is 23.9 Å². The first kappa shape index (κ1) is 31.2. The Bertz CT molecular complexity index is 1040. The molecule has 35 heavy (non-hydrogen) atoms. The Balaban J connectivity index is 0.000000451. The SMILES string of the molecule is CCC(=O)CC(=O)C(=O)O.CCc1cnc(C)c(C)n1.CCc1ncc(C)nc1C.c1cocn1. The zero-order chi connectivity index (χ0) is 26.8. The van der Waals surface area contributed by atoms with E-state index in [9.17, 15) is 14.4 Å². The first-order valence-corrected chi connectivity index (χ1v) is 11.2. The Morgan fingerprint density at radius 2 is 1.57 bits per heavy atom. The van der Waals surface area contributed by atoms with E-state index in [1.807, 2.05) is 40.1 Å². The minimum absolute atomic E-state index is 0.207. The molecule has 0 fully saturated rings. The second kappa shape index (κ2) is 17.6. The molecule has 190 valence electrons. The van der Waals surface area contributed by atoms with Crippen LogP contribution in [0, 0.1) is 27.7 Å². The van der Waals surface area contributed by atoms with Gasteiger partial charge in [0.05, 0.1) is 46.8 Å². The molecule has 3 rings (SSSR count). The molecule has 0 spiro atoms. The van der Waals surface area contributed by atoms with Crippen molar-refractivity contribution >= 4 is 17.5 Å². The number of carboxylic acids is 1. The second-order valence-corrected chi connectivity index (χ2v) is 7.26. The Morgan fingerprint density at radius 3 is 1.97 bits per heavy atom. The lowest BCUT2D eigenvalue weighted by Crippen LogP contribution is -2.16. The molecule has 0 radical (unpaired) electrons. The minimum atomic E-state index is -1.54. The van der Waals surface area contributed by atoms with Crippen molar-refractivity contribution in [2.24, 2.45) is 0 Å². The standard InChI is InChI=1S/2C8H12N2.C6H8O4.C3H3NO/c1-4-8-5-9-6(2)7(3)10-8;1-4-8-7(3)10-6(2)5-9-8;1-2-4(7)3-5(8)6(9)10;1-2-5-3-4-1/h2*5H,4H2,1-3H3;2-3H2,1H3,(H,9,10);1-3H. The molecule has 3 heterocycles. The molecule has 0 saturated heterocycles. The zero-order valence-electron chi connectivity index (χ0n) is 21.5. The van der Waals surface area contributed by atoms with Crippen LogP contribution in [-0.4, -0.2) is 47.6 Å². The highest BCUT2D eigenvalue weighted by atomic mass is 16.4. The van der Waals surface area contributed by atoms with E-state index in [0.29, 0.717) is 0 Å². The van der Waals surface area contributed by atoms with Crippen LogP contribution in [0.2, 0.25) is 0 Å². The van der Waals surface area contributed by atoms with Crippen LogP contribution in [0.5, 0.6) is 0 Å². The molecule has 3 aromatic rings. The van der Waals surface area contributed by atoms with Gasteiger partial charge in [0.25, 0.3) is 0 Å². The number of hydrogen-bond acceptors (Lipinski definition) is 9. The number of carbonyl (C=O) groups excluding carboxylic acids is 2. The molecular formula is C25H35N5O5. The Hall–Kier alpha value is -3.82. The van der Waals surface area contributed by atoms with Crippen LogP contribution in [0.15, 0.2) is 35.7 Å². The van der Waals surface area contributed by atoms with Crippen molar-refractivity contribution in [1.29, 1.82) is 0 Å². The maximum absolute atomic E-state index is 10.4. The van der Waals surface area contributed by atoms with Crippen molar-refractivity contribution in [3.05, 3.63) is 65.4 Å². The van der Waals surface area contributed by atoms with Gasteiger partial charge in [-0.1, -0.05) is 20.8 Å². The van der Waals surface area contributed by atoms with E-state index in [4.69, 9.17) is 5.11 Å². The molecule has 0 saturated carbocycles. The predicted octanol–water partition coefficient (Wildman–Crippen LogP) is 4.00. The van der Waals surface area contributed by atoms with Gasteiger partial charge in [-0.25, -0.2) is 9.78 Å². The molecule has 0 aliphatic rings. The first-order valence-electron chi connectivity index (χ1n) is 11.2. The zero-order valence-corrected chi connectivity index (χ0v) is 21.5. The number of Topliss-reactive ketones (excluding diaryl/α,β-unsaturated/α-hetero) is 2. The molecule has 10 nitrogen and oxygen atoms in total. The van der Waals surface area contributed by atoms with Crippen LogP contribution >= 0.6 is 0 Å². The van der Waals surface area contributed by atoms with Crippen molar-refractivity contribution in [2.75, 3.05) is 0 Å². The van der Waals surface area contributed by atoms with E-state index in [2.05, 4.69) is 43.2 Å². The number of aromatic nitrogens is 5. The van der Waals surface area contributed by atoms with Crippen molar-refractivity contribution in [1.82, 2.24) is 24.9 Å². The fourth-order valence-corrected chi connectivity index (χ4v) is 2.29. The van der Waals surface area contributed by atoms with Gasteiger partial charge < -0.3 is 9.52 Å². The van der Waals surface area contributed by atoms with E-state index < -0.39 is 18.2 Å². The molecular weight excluding hydrogens is 450 g/mol. The van der Waals surface area contributed by atoms with Crippen LogP contribution in [0.4, 0.5) is 0 Å².